The monoisotopic (exact) mass is 296 g/mol. The van der Waals surface area contributed by atoms with E-state index in [1.807, 2.05) is 0 Å². The Morgan fingerprint density at radius 2 is 2.11 bits per heavy atom. The van der Waals surface area contributed by atoms with E-state index in [-0.39, 0.29) is 16.3 Å². The summed E-state index contributed by atoms with van der Waals surface area (Å²) in [6.45, 7) is -2.64. The third kappa shape index (κ3) is 4.01. The van der Waals surface area contributed by atoms with Gasteiger partial charge in [-0.1, -0.05) is 0 Å². The smallest absolute Gasteiger partial charge is 0.283 e. The molecule has 6 nitrogen and oxygen atoms in total. The minimum absolute atomic E-state index is 0.122. The Bertz CT molecular complexity index is 548. The Hall–Kier alpha value is -1.45. The molecule has 0 saturated heterocycles. The molecule has 19 heavy (non-hydrogen) atoms. The van der Waals surface area contributed by atoms with Crippen LogP contribution in [0, 0.1) is 0 Å². The Morgan fingerprint density at radius 1 is 1.47 bits per heavy atom. The molecular formula is C10H14F2N2O4S. The number of ether oxygens (including phenoxy) is 1. The highest BCUT2D eigenvalue weighted by Crippen LogP contribution is 2.24. The number of nitrogens with two attached hydrogens (primary N) is 1. The quantitative estimate of drug-likeness (QED) is 0.650. The lowest BCUT2D eigenvalue weighted by Gasteiger charge is -2.14. The Morgan fingerprint density at radius 3 is 2.63 bits per heavy atom. The van der Waals surface area contributed by atoms with E-state index in [2.05, 4.69) is 0 Å². The molecule has 0 spiro atoms. The van der Waals surface area contributed by atoms with E-state index < -0.39 is 29.1 Å². The first kappa shape index (κ1) is 15.6. The summed E-state index contributed by atoms with van der Waals surface area (Å²) in [6.07, 6.45) is 0. The largest absolute Gasteiger partial charge is 0.495 e. The fraction of sp³-hybridized carbons (Fsp3) is 0.400. The van der Waals surface area contributed by atoms with Crippen LogP contribution in [0.15, 0.2) is 23.1 Å². The zero-order valence-corrected chi connectivity index (χ0v) is 10.9. The number of methoxy groups -OCH3 is 1. The first-order chi connectivity index (χ1) is 8.72. The van der Waals surface area contributed by atoms with Crippen molar-refractivity contribution in [2.75, 3.05) is 26.0 Å². The van der Waals surface area contributed by atoms with Gasteiger partial charge in [0.15, 0.2) is 0 Å². The van der Waals surface area contributed by atoms with Gasteiger partial charge in [0.05, 0.1) is 24.2 Å². The molecule has 0 saturated carbocycles. The van der Waals surface area contributed by atoms with E-state index in [1.165, 1.54) is 13.2 Å². The molecule has 0 unspecified atom stereocenters. The molecule has 0 bridgehead atoms. The zero-order chi connectivity index (χ0) is 14.7. The molecule has 0 atom stereocenters. The minimum atomic E-state index is -4.13. The highest BCUT2D eigenvalue weighted by atomic mass is 32.2. The lowest BCUT2D eigenvalue weighted by atomic mass is 10.3. The number of nitrogen functional groups attached to an aromatic ring is 1. The molecule has 0 aliphatic rings. The second-order valence-electron chi connectivity index (χ2n) is 3.74. The van der Waals surface area contributed by atoms with Gasteiger partial charge in [0.2, 0.25) is 10.0 Å². The van der Waals surface area contributed by atoms with E-state index >= 15 is 0 Å². The maximum absolute atomic E-state index is 12.8. The van der Waals surface area contributed by atoms with Crippen molar-refractivity contribution < 1.29 is 27.0 Å². The van der Waals surface area contributed by atoms with Crippen LogP contribution in [0.25, 0.3) is 0 Å². The summed E-state index contributed by atoms with van der Waals surface area (Å²) in [6, 6.07) is 3.57. The van der Waals surface area contributed by atoms with Gasteiger partial charge in [0.1, 0.15) is 12.4 Å². The summed E-state index contributed by atoms with van der Waals surface area (Å²) in [5.74, 6) is -3.40. The number of halogens is 2. The number of benzene rings is 1. The standard InChI is InChI=1S/C10H14F2N2O4S/c1-18-9-4-7(2-3-8(9)13)19(16,17)14-5-10(11,12)6-15/h2-4,14-15H,5-6,13H2,1H3. The molecule has 0 radical (unpaired) electrons. The Kier molecular flexibility index (Phi) is 4.66. The summed E-state index contributed by atoms with van der Waals surface area (Å²) in [5.41, 5.74) is 5.74. The van der Waals surface area contributed by atoms with E-state index in [0.717, 1.165) is 12.1 Å². The summed E-state index contributed by atoms with van der Waals surface area (Å²) in [7, 11) is -2.83. The number of alkyl halides is 2. The van der Waals surface area contributed by atoms with Gasteiger partial charge in [0.25, 0.3) is 5.92 Å². The number of aliphatic hydroxyl groups excluding tert-OH is 1. The van der Waals surface area contributed by atoms with Crippen LogP contribution in [-0.4, -0.2) is 39.7 Å². The molecule has 0 amide bonds. The lowest BCUT2D eigenvalue weighted by Crippen LogP contribution is -2.38. The number of hydrogen-bond acceptors (Lipinski definition) is 5. The van der Waals surface area contributed by atoms with Crippen molar-refractivity contribution >= 4 is 15.7 Å². The van der Waals surface area contributed by atoms with Crippen molar-refractivity contribution in [2.24, 2.45) is 0 Å². The van der Waals surface area contributed by atoms with Gasteiger partial charge in [-0.15, -0.1) is 0 Å². The highest BCUT2D eigenvalue weighted by Gasteiger charge is 2.30. The van der Waals surface area contributed by atoms with Crippen molar-refractivity contribution in [3.63, 3.8) is 0 Å². The van der Waals surface area contributed by atoms with Crippen LogP contribution >= 0.6 is 0 Å². The maximum atomic E-state index is 12.8. The molecule has 0 aromatic heterocycles. The van der Waals surface area contributed by atoms with Crippen LogP contribution in [0.4, 0.5) is 14.5 Å². The zero-order valence-electron chi connectivity index (χ0n) is 10.1. The van der Waals surface area contributed by atoms with Crippen LogP contribution in [0.1, 0.15) is 0 Å². The van der Waals surface area contributed by atoms with Crippen molar-refractivity contribution in [1.29, 1.82) is 0 Å². The molecule has 9 heteroatoms. The van der Waals surface area contributed by atoms with E-state index in [9.17, 15) is 17.2 Å². The third-order valence-corrected chi connectivity index (χ3v) is 3.67. The van der Waals surface area contributed by atoms with Gasteiger partial charge in [-0.25, -0.2) is 21.9 Å². The molecule has 0 heterocycles. The average molecular weight is 296 g/mol. The lowest BCUT2D eigenvalue weighted by molar-refractivity contribution is -0.0437. The minimum Gasteiger partial charge on any atom is -0.495 e. The van der Waals surface area contributed by atoms with Gasteiger partial charge in [-0.3, -0.25) is 0 Å². The molecule has 1 aromatic carbocycles. The normalized spacial score (nSPS) is 12.4. The van der Waals surface area contributed by atoms with Crippen LogP contribution in [0.2, 0.25) is 0 Å². The van der Waals surface area contributed by atoms with Crippen LogP contribution < -0.4 is 15.2 Å². The second-order valence-corrected chi connectivity index (χ2v) is 5.51. The van der Waals surface area contributed by atoms with E-state index in [0.29, 0.717) is 0 Å². The maximum Gasteiger partial charge on any atom is 0.283 e. The number of rotatable bonds is 6. The van der Waals surface area contributed by atoms with Gasteiger partial charge < -0.3 is 15.6 Å². The fourth-order valence-electron chi connectivity index (χ4n) is 1.20. The van der Waals surface area contributed by atoms with Crippen molar-refractivity contribution in [3.05, 3.63) is 18.2 Å². The summed E-state index contributed by atoms with van der Waals surface area (Å²) < 4.78 is 55.6. The first-order valence-electron chi connectivity index (χ1n) is 5.14. The number of hydrogen-bond donors (Lipinski definition) is 3. The summed E-state index contributed by atoms with van der Waals surface area (Å²) in [5, 5.41) is 8.36. The Balaban J connectivity index is 2.95. The number of aliphatic hydroxyl groups is 1. The number of anilines is 1. The SMILES string of the molecule is COc1cc(S(=O)(=O)NCC(F)(F)CO)ccc1N. The van der Waals surface area contributed by atoms with Gasteiger partial charge >= 0.3 is 0 Å². The van der Waals surface area contributed by atoms with Crippen molar-refractivity contribution in [1.82, 2.24) is 4.72 Å². The average Bonchev–Trinajstić information content (AvgIpc) is 2.37. The molecule has 0 aliphatic heterocycles. The first-order valence-corrected chi connectivity index (χ1v) is 6.62. The highest BCUT2D eigenvalue weighted by molar-refractivity contribution is 7.89. The molecule has 0 aliphatic carbocycles. The van der Waals surface area contributed by atoms with Crippen LogP contribution in [0.3, 0.4) is 0 Å². The molecule has 4 N–H and O–H groups in total. The van der Waals surface area contributed by atoms with Gasteiger partial charge in [-0.05, 0) is 12.1 Å². The van der Waals surface area contributed by atoms with Gasteiger partial charge in [-0.2, -0.15) is 0 Å². The van der Waals surface area contributed by atoms with Crippen molar-refractivity contribution in [2.45, 2.75) is 10.8 Å². The third-order valence-electron chi connectivity index (χ3n) is 2.27. The molecule has 0 fully saturated rings. The number of nitrogens with one attached hydrogen (secondary N) is 1. The molecule has 108 valence electrons. The van der Waals surface area contributed by atoms with Crippen LogP contribution in [0.5, 0.6) is 5.75 Å². The predicted octanol–water partition coefficient (Wildman–Crippen LogP) is 0.183. The molecular weight excluding hydrogens is 282 g/mol. The predicted molar refractivity (Wildman–Crippen MR) is 64.6 cm³/mol. The topological polar surface area (TPSA) is 102 Å². The second kappa shape index (κ2) is 5.68. The Labute approximate surface area is 109 Å². The van der Waals surface area contributed by atoms with E-state index in [1.54, 1.807) is 4.72 Å². The molecule has 1 aromatic rings. The van der Waals surface area contributed by atoms with E-state index in [4.69, 9.17) is 15.6 Å². The number of sulfonamides is 1. The fourth-order valence-corrected chi connectivity index (χ4v) is 2.28. The molecule has 1 rings (SSSR count). The van der Waals surface area contributed by atoms with Gasteiger partial charge in [0, 0.05) is 6.07 Å². The van der Waals surface area contributed by atoms with Crippen LogP contribution in [-0.2, 0) is 10.0 Å². The van der Waals surface area contributed by atoms with Crippen molar-refractivity contribution in [3.8, 4) is 5.75 Å². The summed E-state index contributed by atoms with van der Waals surface area (Å²) >= 11 is 0. The summed E-state index contributed by atoms with van der Waals surface area (Å²) in [4.78, 5) is -0.257.